The zero-order chi connectivity index (χ0) is 11.7. The van der Waals surface area contributed by atoms with Crippen molar-refractivity contribution in [2.24, 2.45) is 0 Å². The molecule has 1 N–H and O–H groups in total. The van der Waals surface area contributed by atoms with Crippen LogP contribution in [0.5, 0.6) is 0 Å². The Hall–Kier alpha value is -1.83. The second kappa shape index (κ2) is 5.21. The summed E-state index contributed by atoms with van der Waals surface area (Å²) in [6.45, 7) is 1.89. The molecule has 0 bridgehead atoms. The molecule has 1 aliphatic heterocycles. The van der Waals surface area contributed by atoms with Crippen LogP contribution in [0, 0.1) is 11.3 Å². The Balaban J connectivity index is 0.00000120. The second-order valence-electron chi connectivity index (χ2n) is 4.11. The average molecular weight is 261 g/mol. The highest BCUT2D eigenvalue weighted by Crippen LogP contribution is 2.18. The third kappa shape index (κ3) is 2.10. The van der Waals surface area contributed by atoms with Crippen LogP contribution in [-0.2, 0) is 13.0 Å². The molecule has 3 rings (SSSR count). The van der Waals surface area contributed by atoms with Crippen LogP contribution in [0.15, 0.2) is 30.5 Å². The molecule has 0 atom stereocenters. The van der Waals surface area contributed by atoms with Crippen molar-refractivity contribution < 1.29 is 0 Å². The molecular formula is C13H13ClN4. The molecule has 0 radical (unpaired) electrons. The topological polar surface area (TPSA) is 53.6 Å². The quantitative estimate of drug-likeness (QED) is 0.851. The summed E-state index contributed by atoms with van der Waals surface area (Å²) in [6.07, 6.45) is 2.91. The summed E-state index contributed by atoms with van der Waals surface area (Å²) in [7, 11) is 0. The summed E-state index contributed by atoms with van der Waals surface area (Å²) >= 11 is 0. The van der Waals surface area contributed by atoms with E-state index in [1.807, 2.05) is 35.1 Å². The van der Waals surface area contributed by atoms with Gasteiger partial charge in [0.1, 0.15) is 0 Å². The van der Waals surface area contributed by atoms with Crippen molar-refractivity contribution in [2.75, 3.05) is 6.54 Å². The summed E-state index contributed by atoms with van der Waals surface area (Å²) < 4.78 is 1.97. The van der Waals surface area contributed by atoms with E-state index in [0.717, 1.165) is 25.2 Å². The third-order valence-corrected chi connectivity index (χ3v) is 3.05. The van der Waals surface area contributed by atoms with E-state index in [-0.39, 0.29) is 12.4 Å². The molecule has 2 aromatic rings. The van der Waals surface area contributed by atoms with Crippen molar-refractivity contribution in [3.05, 3.63) is 47.3 Å². The molecule has 1 aliphatic rings. The first kappa shape index (κ1) is 12.6. The van der Waals surface area contributed by atoms with Gasteiger partial charge in [0.2, 0.25) is 0 Å². The molecule has 92 valence electrons. The zero-order valence-electron chi connectivity index (χ0n) is 9.76. The summed E-state index contributed by atoms with van der Waals surface area (Å²) in [4.78, 5) is 0. The summed E-state index contributed by atoms with van der Waals surface area (Å²) in [6, 6.07) is 9.65. The van der Waals surface area contributed by atoms with Crippen molar-refractivity contribution in [1.82, 2.24) is 15.1 Å². The molecule has 2 heterocycles. The second-order valence-corrected chi connectivity index (χ2v) is 4.11. The largest absolute Gasteiger partial charge is 0.312 e. The summed E-state index contributed by atoms with van der Waals surface area (Å²) in [5, 5.41) is 16.5. The smallest absolute Gasteiger partial charge is 0.0991 e. The lowest BCUT2D eigenvalue weighted by molar-refractivity contribution is 0.623. The zero-order valence-corrected chi connectivity index (χ0v) is 10.6. The van der Waals surface area contributed by atoms with Crippen molar-refractivity contribution in [2.45, 2.75) is 13.0 Å². The number of benzene rings is 1. The van der Waals surface area contributed by atoms with E-state index in [4.69, 9.17) is 5.26 Å². The van der Waals surface area contributed by atoms with Gasteiger partial charge in [0.25, 0.3) is 0 Å². The highest BCUT2D eigenvalue weighted by molar-refractivity contribution is 5.85. The van der Waals surface area contributed by atoms with Gasteiger partial charge in [-0.25, -0.2) is 4.68 Å². The minimum atomic E-state index is 0. The van der Waals surface area contributed by atoms with Crippen molar-refractivity contribution in [3.63, 3.8) is 0 Å². The fourth-order valence-corrected chi connectivity index (χ4v) is 2.15. The highest BCUT2D eigenvalue weighted by atomic mass is 35.5. The number of hydrogen-bond acceptors (Lipinski definition) is 3. The van der Waals surface area contributed by atoms with Gasteiger partial charge in [-0.1, -0.05) is 0 Å². The number of halogens is 1. The molecule has 0 amide bonds. The average Bonchev–Trinajstić information content (AvgIpc) is 2.83. The molecule has 0 aliphatic carbocycles. The minimum Gasteiger partial charge on any atom is -0.312 e. The number of nitriles is 1. The van der Waals surface area contributed by atoms with Crippen LogP contribution < -0.4 is 5.32 Å². The molecule has 0 spiro atoms. The summed E-state index contributed by atoms with van der Waals surface area (Å²) in [5.41, 5.74) is 4.23. The molecule has 1 aromatic carbocycles. The fraction of sp³-hybridized carbons (Fsp3) is 0.231. The van der Waals surface area contributed by atoms with Gasteiger partial charge in [-0.3, -0.25) is 0 Å². The van der Waals surface area contributed by atoms with Crippen LogP contribution in [0.4, 0.5) is 0 Å². The number of aromatic nitrogens is 2. The van der Waals surface area contributed by atoms with E-state index in [1.54, 1.807) is 0 Å². The van der Waals surface area contributed by atoms with E-state index >= 15 is 0 Å². The lowest BCUT2D eigenvalue weighted by Gasteiger charge is -2.15. The first-order valence-corrected chi connectivity index (χ1v) is 5.65. The van der Waals surface area contributed by atoms with Crippen LogP contribution in [0.1, 0.15) is 16.8 Å². The number of fused-ring (bicyclic) bond motifs is 1. The molecule has 0 fully saturated rings. The SMILES string of the molecule is Cl.N#Cc1ccc(-n2ncc3c2CCNC3)cc1. The van der Waals surface area contributed by atoms with Crippen molar-refractivity contribution in [3.8, 4) is 11.8 Å². The number of rotatable bonds is 1. The predicted molar refractivity (Wildman–Crippen MR) is 70.9 cm³/mol. The van der Waals surface area contributed by atoms with Gasteiger partial charge in [0.15, 0.2) is 0 Å². The van der Waals surface area contributed by atoms with E-state index in [9.17, 15) is 0 Å². The molecule has 5 heteroatoms. The first-order valence-electron chi connectivity index (χ1n) is 5.65. The van der Waals surface area contributed by atoms with Gasteiger partial charge in [0.05, 0.1) is 23.5 Å². The van der Waals surface area contributed by atoms with E-state index in [1.165, 1.54) is 11.3 Å². The Kier molecular flexibility index (Phi) is 3.66. The Labute approximate surface area is 112 Å². The molecule has 0 saturated carbocycles. The molecule has 1 aromatic heterocycles. The van der Waals surface area contributed by atoms with Crippen LogP contribution in [0.25, 0.3) is 5.69 Å². The summed E-state index contributed by atoms with van der Waals surface area (Å²) in [5.74, 6) is 0. The maximum atomic E-state index is 8.77. The van der Waals surface area contributed by atoms with E-state index in [0.29, 0.717) is 5.56 Å². The van der Waals surface area contributed by atoms with Gasteiger partial charge in [-0.05, 0) is 24.3 Å². The van der Waals surface area contributed by atoms with Gasteiger partial charge in [0, 0.05) is 30.8 Å². The molecule has 4 nitrogen and oxygen atoms in total. The number of nitrogens with one attached hydrogen (secondary N) is 1. The van der Waals surface area contributed by atoms with Crippen LogP contribution in [-0.4, -0.2) is 16.3 Å². The monoisotopic (exact) mass is 260 g/mol. The third-order valence-electron chi connectivity index (χ3n) is 3.05. The van der Waals surface area contributed by atoms with Gasteiger partial charge < -0.3 is 5.32 Å². The van der Waals surface area contributed by atoms with Crippen molar-refractivity contribution >= 4 is 12.4 Å². The fourth-order valence-electron chi connectivity index (χ4n) is 2.15. The highest BCUT2D eigenvalue weighted by Gasteiger charge is 2.15. The Morgan fingerprint density at radius 1 is 1.28 bits per heavy atom. The van der Waals surface area contributed by atoms with Crippen LogP contribution in [0.3, 0.4) is 0 Å². The lowest BCUT2D eigenvalue weighted by Crippen LogP contribution is -2.24. The van der Waals surface area contributed by atoms with Gasteiger partial charge >= 0.3 is 0 Å². The van der Waals surface area contributed by atoms with Crippen molar-refractivity contribution in [1.29, 1.82) is 5.26 Å². The van der Waals surface area contributed by atoms with Crippen LogP contribution >= 0.6 is 12.4 Å². The Morgan fingerprint density at radius 2 is 2.06 bits per heavy atom. The molecule has 18 heavy (non-hydrogen) atoms. The normalized spacial score (nSPS) is 13.3. The first-order chi connectivity index (χ1) is 8.38. The number of hydrogen-bond donors (Lipinski definition) is 1. The predicted octanol–water partition coefficient (Wildman–Crippen LogP) is 1.81. The maximum absolute atomic E-state index is 8.77. The van der Waals surface area contributed by atoms with E-state index in [2.05, 4.69) is 16.5 Å². The van der Waals surface area contributed by atoms with Gasteiger partial charge in [-0.15, -0.1) is 12.4 Å². The molecule has 0 unspecified atom stereocenters. The standard InChI is InChI=1S/C13H12N4.ClH/c14-7-10-1-3-12(4-2-10)17-13-5-6-15-8-11(13)9-16-17;/h1-4,9,15H,5-6,8H2;1H. The lowest BCUT2D eigenvalue weighted by atomic mass is 10.1. The minimum absolute atomic E-state index is 0. The molecule has 0 saturated heterocycles. The maximum Gasteiger partial charge on any atom is 0.0991 e. The molecular weight excluding hydrogens is 248 g/mol. The Bertz CT molecular complexity index is 580. The number of nitrogens with zero attached hydrogens (tertiary/aromatic N) is 3. The van der Waals surface area contributed by atoms with E-state index < -0.39 is 0 Å². The van der Waals surface area contributed by atoms with Crippen LogP contribution in [0.2, 0.25) is 0 Å². The Morgan fingerprint density at radius 3 is 2.78 bits per heavy atom. The van der Waals surface area contributed by atoms with Gasteiger partial charge in [-0.2, -0.15) is 10.4 Å².